The standard InChI is InChI=1S/C17H21ClN4O/c1-12(19)16-7-2-3-9-21(16)17(23)15-8-10-22(20-15)14-6-4-5-13(18)11-14/h4-6,8,10-12,16H,2-3,7,9,19H2,1H3. The molecule has 2 aromatic rings. The van der Waals surface area contributed by atoms with Gasteiger partial charge in [-0.15, -0.1) is 0 Å². The molecule has 5 nitrogen and oxygen atoms in total. The number of nitrogens with two attached hydrogens (primary N) is 1. The molecule has 0 radical (unpaired) electrons. The van der Waals surface area contributed by atoms with Crippen LogP contribution < -0.4 is 5.73 Å². The van der Waals surface area contributed by atoms with Crippen LogP contribution in [0.1, 0.15) is 36.7 Å². The maximum absolute atomic E-state index is 12.8. The molecule has 2 N–H and O–H groups in total. The summed E-state index contributed by atoms with van der Waals surface area (Å²) in [5.41, 5.74) is 7.33. The lowest BCUT2D eigenvalue weighted by Crippen LogP contribution is -2.51. The van der Waals surface area contributed by atoms with Crippen molar-refractivity contribution in [3.63, 3.8) is 0 Å². The van der Waals surface area contributed by atoms with E-state index in [1.54, 1.807) is 16.9 Å². The summed E-state index contributed by atoms with van der Waals surface area (Å²) in [6.07, 6.45) is 4.87. The molecule has 0 bridgehead atoms. The van der Waals surface area contributed by atoms with Crippen molar-refractivity contribution < 1.29 is 4.79 Å². The van der Waals surface area contributed by atoms with Crippen molar-refractivity contribution in [3.8, 4) is 5.69 Å². The van der Waals surface area contributed by atoms with Gasteiger partial charge < -0.3 is 10.6 Å². The number of carbonyl (C=O) groups is 1. The molecule has 1 aliphatic rings. The second-order valence-electron chi connectivity index (χ2n) is 6.05. The second-order valence-corrected chi connectivity index (χ2v) is 6.48. The van der Waals surface area contributed by atoms with E-state index < -0.39 is 0 Å². The van der Waals surface area contributed by atoms with E-state index in [0.717, 1.165) is 31.5 Å². The van der Waals surface area contributed by atoms with Crippen LogP contribution in [-0.2, 0) is 0 Å². The van der Waals surface area contributed by atoms with E-state index in [-0.39, 0.29) is 18.0 Å². The highest BCUT2D eigenvalue weighted by molar-refractivity contribution is 6.30. The number of carbonyl (C=O) groups excluding carboxylic acids is 1. The third kappa shape index (κ3) is 3.41. The van der Waals surface area contributed by atoms with E-state index in [0.29, 0.717) is 10.7 Å². The topological polar surface area (TPSA) is 64.2 Å². The smallest absolute Gasteiger partial charge is 0.274 e. The number of hydrogen-bond acceptors (Lipinski definition) is 3. The summed E-state index contributed by atoms with van der Waals surface area (Å²) in [7, 11) is 0. The predicted octanol–water partition coefficient (Wildman–Crippen LogP) is 2.87. The lowest BCUT2D eigenvalue weighted by Gasteiger charge is -2.37. The Morgan fingerprint density at radius 3 is 2.96 bits per heavy atom. The number of amides is 1. The molecule has 1 aromatic carbocycles. The van der Waals surface area contributed by atoms with Gasteiger partial charge >= 0.3 is 0 Å². The Kier molecular flexibility index (Phi) is 4.68. The zero-order chi connectivity index (χ0) is 16.4. The summed E-state index contributed by atoms with van der Waals surface area (Å²) in [6.45, 7) is 2.70. The highest BCUT2D eigenvalue weighted by Gasteiger charge is 2.30. The summed E-state index contributed by atoms with van der Waals surface area (Å²) >= 11 is 6.01. The second kappa shape index (κ2) is 6.72. The number of hydrogen-bond donors (Lipinski definition) is 1. The third-order valence-corrected chi connectivity index (χ3v) is 4.53. The summed E-state index contributed by atoms with van der Waals surface area (Å²) in [5.74, 6) is -0.0484. The van der Waals surface area contributed by atoms with Crippen LogP contribution in [0.4, 0.5) is 0 Å². The number of halogens is 1. The molecule has 2 unspecified atom stereocenters. The fraction of sp³-hybridized carbons (Fsp3) is 0.412. The molecule has 23 heavy (non-hydrogen) atoms. The normalized spacial score (nSPS) is 19.6. The lowest BCUT2D eigenvalue weighted by atomic mass is 9.96. The Bertz CT molecular complexity index is 697. The van der Waals surface area contributed by atoms with E-state index in [1.807, 2.05) is 36.1 Å². The fourth-order valence-corrected chi connectivity index (χ4v) is 3.29. The minimum absolute atomic E-state index is 0.0331. The van der Waals surface area contributed by atoms with Crippen LogP contribution in [0, 0.1) is 0 Å². The van der Waals surface area contributed by atoms with Gasteiger partial charge in [0.15, 0.2) is 5.69 Å². The van der Waals surface area contributed by atoms with Crippen LogP contribution >= 0.6 is 11.6 Å². The van der Waals surface area contributed by atoms with E-state index in [1.165, 1.54) is 0 Å². The van der Waals surface area contributed by atoms with Gasteiger partial charge in [0.1, 0.15) is 0 Å². The minimum Gasteiger partial charge on any atom is -0.333 e. The number of likely N-dealkylation sites (tertiary alicyclic amines) is 1. The Balaban J connectivity index is 1.83. The summed E-state index contributed by atoms with van der Waals surface area (Å²) in [5, 5.41) is 5.05. The molecule has 0 aliphatic carbocycles. The summed E-state index contributed by atoms with van der Waals surface area (Å²) in [4.78, 5) is 14.7. The summed E-state index contributed by atoms with van der Waals surface area (Å²) in [6, 6.07) is 9.18. The molecule has 122 valence electrons. The van der Waals surface area contributed by atoms with Gasteiger partial charge in [-0.05, 0) is 50.5 Å². The van der Waals surface area contributed by atoms with Crippen molar-refractivity contribution in [2.75, 3.05) is 6.54 Å². The predicted molar refractivity (Wildman–Crippen MR) is 90.9 cm³/mol. The Morgan fingerprint density at radius 2 is 2.22 bits per heavy atom. The van der Waals surface area contributed by atoms with E-state index in [9.17, 15) is 4.79 Å². The fourth-order valence-electron chi connectivity index (χ4n) is 3.10. The van der Waals surface area contributed by atoms with Gasteiger partial charge in [-0.3, -0.25) is 4.79 Å². The van der Waals surface area contributed by atoms with Gasteiger partial charge in [0.05, 0.1) is 5.69 Å². The Morgan fingerprint density at radius 1 is 1.39 bits per heavy atom. The Hall–Kier alpha value is -1.85. The average Bonchev–Trinajstić information content (AvgIpc) is 3.04. The third-order valence-electron chi connectivity index (χ3n) is 4.30. The van der Waals surface area contributed by atoms with Gasteiger partial charge in [0.2, 0.25) is 0 Å². The molecule has 2 heterocycles. The first kappa shape index (κ1) is 16.0. The Labute approximate surface area is 141 Å². The first-order chi connectivity index (χ1) is 11.1. The van der Waals surface area contributed by atoms with Crippen molar-refractivity contribution in [2.24, 2.45) is 5.73 Å². The number of aromatic nitrogens is 2. The minimum atomic E-state index is -0.0484. The first-order valence-corrected chi connectivity index (χ1v) is 8.32. The van der Waals surface area contributed by atoms with Crippen LogP contribution in [0.5, 0.6) is 0 Å². The van der Waals surface area contributed by atoms with E-state index in [2.05, 4.69) is 5.10 Å². The zero-order valence-corrected chi connectivity index (χ0v) is 13.9. The molecule has 3 rings (SSSR count). The van der Waals surface area contributed by atoms with E-state index in [4.69, 9.17) is 17.3 Å². The van der Waals surface area contributed by atoms with E-state index >= 15 is 0 Å². The monoisotopic (exact) mass is 332 g/mol. The molecule has 1 aliphatic heterocycles. The van der Waals surface area contributed by atoms with Crippen LogP contribution in [-0.4, -0.2) is 39.2 Å². The van der Waals surface area contributed by atoms with Crippen molar-refractivity contribution in [1.29, 1.82) is 0 Å². The first-order valence-electron chi connectivity index (χ1n) is 7.94. The number of nitrogens with zero attached hydrogens (tertiary/aromatic N) is 3. The number of piperidine rings is 1. The van der Waals surface area contributed by atoms with Gasteiger partial charge in [0, 0.05) is 29.8 Å². The molecule has 0 saturated carbocycles. The highest BCUT2D eigenvalue weighted by atomic mass is 35.5. The molecule has 0 spiro atoms. The van der Waals surface area contributed by atoms with Gasteiger partial charge in [-0.25, -0.2) is 4.68 Å². The maximum Gasteiger partial charge on any atom is 0.274 e. The lowest BCUT2D eigenvalue weighted by molar-refractivity contribution is 0.0577. The summed E-state index contributed by atoms with van der Waals surface area (Å²) < 4.78 is 1.67. The van der Waals surface area contributed by atoms with Crippen LogP contribution in [0.25, 0.3) is 5.69 Å². The quantitative estimate of drug-likeness (QED) is 0.940. The maximum atomic E-state index is 12.8. The molecule has 1 fully saturated rings. The van der Waals surface area contributed by atoms with Crippen molar-refractivity contribution >= 4 is 17.5 Å². The van der Waals surface area contributed by atoms with Gasteiger partial charge in [-0.2, -0.15) is 5.10 Å². The van der Waals surface area contributed by atoms with Gasteiger partial charge in [0.25, 0.3) is 5.91 Å². The molecule has 1 amide bonds. The molecular weight excluding hydrogens is 312 g/mol. The number of benzene rings is 1. The molecule has 2 atom stereocenters. The van der Waals surface area contributed by atoms with Crippen molar-refractivity contribution in [3.05, 3.63) is 47.2 Å². The molecule has 6 heteroatoms. The zero-order valence-electron chi connectivity index (χ0n) is 13.2. The van der Waals surface area contributed by atoms with Crippen LogP contribution in [0.15, 0.2) is 36.5 Å². The van der Waals surface area contributed by atoms with Gasteiger partial charge in [-0.1, -0.05) is 17.7 Å². The molecule has 1 aromatic heterocycles. The van der Waals surface area contributed by atoms with Crippen molar-refractivity contribution in [1.82, 2.24) is 14.7 Å². The molecular formula is C17H21ClN4O. The average molecular weight is 333 g/mol. The van der Waals surface area contributed by atoms with Crippen LogP contribution in [0.3, 0.4) is 0 Å². The highest BCUT2D eigenvalue weighted by Crippen LogP contribution is 2.21. The van der Waals surface area contributed by atoms with Crippen molar-refractivity contribution in [2.45, 2.75) is 38.3 Å². The SMILES string of the molecule is CC(N)C1CCCCN1C(=O)c1ccn(-c2cccc(Cl)c2)n1. The van der Waals surface area contributed by atoms with Crippen LogP contribution in [0.2, 0.25) is 5.02 Å². The molecule has 1 saturated heterocycles. The largest absolute Gasteiger partial charge is 0.333 e. The number of rotatable bonds is 3.